The summed E-state index contributed by atoms with van der Waals surface area (Å²) >= 11 is 0. The van der Waals surface area contributed by atoms with E-state index in [0.29, 0.717) is 28.8 Å². The second kappa shape index (κ2) is 6.64. The van der Waals surface area contributed by atoms with E-state index in [1.54, 1.807) is 0 Å². The minimum atomic E-state index is 0.602. The Kier molecular flexibility index (Phi) is 4.03. The standard InChI is InChI=1S/C21H17N5/c22-17-10-6-15(7-11-17)20-24-19(14-4-2-1-3-5-14)25-21(26-20)16-8-12-18(23)13-9-16/h1-13H,22-23H2. The van der Waals surface area contributed by atoms with Crippen molar-refractivity contribution in [3.63, 3.8) is 0 Å². The fourth-order valence-corrected chi connectivity index (χ4v) is 2.61. The van der Waals surface area contributed by atoms with E-state index in [9.17, 15) is 0 Å². The molecule has 5 nitrogen and oxygen atoms in total. The van der Waals surface area contributed by atoms with Crippen LogP contribution in [-0.2, 0) is 0 Å². The van der Waals surface area contributed by atoms with Crippen molar-refractivity contribution in [2.24, 2.45) is 0 Å². The summed E-state index contributed by atoms with van der Waals surface area (Å²) < 4.78 is 0. The van der Waals surface area contributed by atoms with Gasteiger partial charge in [0.1, 0.15) is 0 Å². The largest absolute Gasteiger partial charge is 0.399 e. The second-order valence-corrected chi connectivity index (χ2v) is 5.92. The zero-order chi connectivity index (χ0) is 17.9. The second-order valence-electron chi connectivity index (χ2n) is 5.92. The zero-order valence-electron chi connectivity index (χ0n) is 14.0. The molecule has 26 heavy (non-hydrogen) atoms. The van der Waals surface area contributed by atoms with Crippen LogP contribution in [0.2, 0.25) is 0 Å². The zero-order valence-corrected chi connectivity index (χ0v) is 14.0. The molecule has 0 fully saturated rings. The van der Waals surface area contributed by atoms with E-state index in [1.807, 2.05) is 78.9 Å². The Morgan fingerprint density at radius 3 is 1.15 bits per heavy atom. The predicted octanol–water partition coefficient (Wildman–Crippen LogP) is 4.04. The summed E-state index contributed by atoms with van der Waals surface area (Å²) in [6.45, 7) is 0. The molecule has 3 aromatic carbocycles. The number of nitrogens with two attached hydrogens (primary N) is 2. The van der Waals surface area contributed by atoms with Gasteiger partial charge in [-0.15, -0.1) is 0 Å². The summed E-state index contributed by atoms with van der Waals surface area (Å²) in [5.74, 6) is 1.83. The van der Waals surface area contributed by atoms with Gasteiger partial charge in [0.2, 0.25) is 0 Å². The smallest absolute Gasteiger partial charge is 0.164 e. The van der Waals surface area contributed by atoms with Crippen LogP contribution in [0.4, 0.5) is 11.4 Å². The molecule has 4 rings (SSSR count). The molecule has 0 aliphatic rings. The lowest BCUT2D eigenvalue weighted by molar-refractivity contribution is 1.07. The Bertz CT molecular complexity index is 962. The van der Waals surface area contributed by atoms with Crippen molar-refractivity contribution in [3.05, 3.63) is 78.9 Å². The molecular formula is C21H17N5. The maximum Gasteiger partial charge on any atom is 0.164 e. The van der Waals surface area contributed by atoms with E-state index in [2.05, 4.69) is 15.0 Å². The van der Waals surface area contributed by atoms with Crippen LogP contribution in [0.15, 0.2) is 78.9 Å². The summed E-state index contributed by atoms with van der Waals surface area (Å²) in [6.07, 6.45) is 0. The summed E-state index contributed by atoms with van der Waals surface area (Å²) in [5.41, 5.74) is 15.7. The molecule has 0 atom stereocenters. The number of hydrogen-bond acceptors (Lipinski definition) is 5. The number of nitrogen functional groups attached to an aromatic ring is 2. The minimum absolute atomic E-state index is 0.602. The lowest BCUT2D eigenvalue weighted by atomic mass is 10.1. The van der Waals surface area contributed by atoms with E-state index < -0.39 is 0 Å². The summed E-state index contributed by atoms with van der Waals surface area (Å²) in [7, 11) is 0. The van der Waals surface area contributed by atoms with E-state index in [4.69, 9.17) is 11.5 Å². The third-order valence-corrected chi connectivity index (χ3v) is 4.01. The number of anilines is 2. The SMILES string of the molecule is Nc1ccc(-c2nc(-c3ccccc3)nc(-c3ccc(N)cc3)n2)cc1. The molecule has 0 unspecified atom stereocenters. The van der Waals surface area contributed by atoms with Gasteiger partial charge >= 0.3 is 0 Å². The first-order valence-electron chi connectivity index (χ1n) is 8.22. The molecule has 0 bridgehead atoms. The van der Waals surface area contributed by atoms with Crippen LogP contribution in [0.1, 0.15) is 0 Å². The molecular weight excluding hydrogens is 322 g/mol. The van der Waals surface area contributed by atoms with E-state index in [1.165, 1.54) is 0 Å². The third kappa shape index (κ3) is 3.23. The molecule has 4 N–H and O–H groups in total. The normalized spacial score (nSPS) is 10.6. The van der Waals surface area contributed by atoms with Gasteiger partial charge in [-0.3, -0.25) is 0 Å². The number of hydrogen-bond donors (Lipinski definition) is 2. The van der Waals surface area contributed by atoms with Gasteiger partial charge in [0, 0.05) is 28.1 Å². The molecule has 0 saturated heterocycles. The Labute approximate surface area is 151 Å². The Morgan fingerprint density at radius 2 is 0.769 bits per heavy atom. The van der Waals surface area contributed by atoms with Crippen LogP contribution in [0.5, 0.6) is 0 Å². The molecule has 0 spiro atoms. The van der Waals surface area contributed by atoms with Gasteiger partial charge in [0.05, 0.1) is 0 Å². The van der Waals surface area contributed by atoms with E-state index in [0.717, 1.165) is 16.7 Å². The highest BCUT2D eigenvalue weighted by molar-refractivity contribution is 5.67. The van der Waals surface area contributed by atoms with Crippen LogP contribution < -0.4 is 11.5 Å². The van der Waals surface area contributed by atoms with Gasteiger partial charge in [0.15, 0.2) is 17.5 Å². The number of aromatic nitrogens is 3. The lowest BCUT2D eigenvalue weighted by Crippen LogP contribution is -2.00. The molecule has 5 heteroatoms. The van der Waals surface area contributed by atoms with Crippen LogP contribution in [-0.4, -0.2) is 15.0 Å². The highest BCUT2D eigenvalue weighted by Gasteiger charge is 2.11. The van der Waals surface area contributed by atoms with Crippen molar-refractivity contribution in [1.82, 2.24) is 15.0 Å². The van der Waals surface area contributed by atoms with Gasteiger partial charge in [-0.1, -0.05) is 30.3 Å². The van der Waals surface area contributed by atoms with E-state index in [-0.39, 0.29) is 0 Å². The lowest BCUT2D eigenvalue weighted by Gasteiger charge is -2.08. The summed E-state index contributed by atoms with van der Waals surface area (Å²) in [4.78, 5) is 14.0. The van der Waals surface area contributed by atoms with E-state index >= 15 is 0 Å². The quantitative estimate of drug-likeness (QED) is 0.550. The Morgan fingerprint density at radius 1 is 0.423 bits per heavy atom. The van der Waals surface area contributed by atoms with Crippen LogP contribution in [0, 0.1) is 0 Å². The van der Waals surface area contributed by atoms with Crippen molar-refractivity contribution in [2.45, 2.75) is 0 Å². The predicted molar refractivity (Wildman–Crippen MR) is 105 cm³/mol. The highest BCUT2D eigenvalue weighted by atomic mass is 15.0. The topological polar surface area (TPSA) is 90.7 Å². The van der Waals surface area contributed by atoms with Crippen molar-refractivity contribution >= 4 is 11.4 Å². The van der Waals surface area contributed by atoms with Crippen molar-refractivity contribution in [1.29, 1.82) is 0 Å². The maximum atomic E-state index is 5.80. The molecule has 0 aliphatic carbocycles. The fraction of sp³-hybridized carbons (Fsp3) is 0. The van der Waals surface area contributed by atoms with Crippen molar-refractivity contribution in [2.75, 3.05) is 11.5 Å². The molecule has 126 valence electrons. The van der Waals surface area contributed by atoms with Crippen molar-refractivity contribution < 1.29 is 0 Å². The molecule has 0 amide bonds. The first-order valence-corrected chi connectivity index (χ1v) is 8.22. The number of rotatable bonds is 3. The molecule has 0 saturated carbocycles. The average molecular weight is 339 g/mol. The average Bonchev–Trinajstić information content (AvgIpc) is 2.69. The van der Waals surface area contributed by atoms with Crippen LogP contribution >= 0.6 is 0 Å². The molecule has 1 aromatic heterocycles. The maximum absolute atomic E-state index is 5.80. The van der Waals surface area contributed by atoms with Gasteiger partial charge in [-0.05, 0) is 48.5 Å². The molecule has 1 heterocycles. The minimum Gasteiger partial charge on any atom is -0.399 e. The third-order valence-electron chi connectivity index (χ3n) is 4.01. The van der Waals surface area contributed by atoms with Crippen molar-refractivity contribution in [3.8, 4) is 34.2 Å². The molecule has 4 aromatic rings. The first-order chi connectivity index (χ1) is 12.7. The molecule has 0 aliphatic heterocycles. The highest BCUT2D eigenvalue weighted by Crippen LogP contribution is 2.25. The van der Waals surface area contributed by atoms with Gasteiger partial charge < -0.3 is 11.5 Å². The van der Waals surface area contributed by atoms with Gasteiger partial charge in [-0.25, -0.2) is 15.0 Å². The summed E-state index contributed by atoms with van der Waals surface area (Å²) in [5, 5.41) is 0. The monoisotopic (exact) mass is 339 g/mol. The fourth-order valence-electron chi connectivity index (χ4n) is 2.61. The first kappa shape index (κ1) is 15.8. The molecule has 0 radical (unpaired) electrons. The number of nitrogens with zero attached hydrogens (tertiary/aromatic N) is 3. The Balaban J connectivity index is 1.89. The summed E-state index contributed by atoms with van der Waals surface area (Å²) in [6, 6.07) is 24.8. The Hall–Kier alpha value is -3.73. The van der Waals surface area contributed by atoms with Crippen LogP contribution in [0.25, 0.3) is 34.2 Å². The number of benzene rings is 3. The van der Waals surface area contributed by atoms with Gasteiger partial charge in [0.25, 0.3) is 0 Å². The van der Waals surface area contributed by atoms with Gasteiger partial charge in [-0.2, -0.15) is 0 Å². The van der Waals surface area contributed by atoms with Crippen LogP contribution in [0.3, 0.4) is 0 Å².